The van der Waals surface area contributed by atoms with Gasteiger partial charge < -0.3 is 14.8 Å². The van der Waals surface area contributed by atoms with Crippen molar-refractivity contribution in [2.75, 3.05) is 12.4 Å². The summed E-state index contributed by atoms with van der Waals surface area (Å²) in [7, 11) is 1.55. The Hall–Kier alpha value is -0.880. The highest BCUT2D eigenvalue weighted by Gasteiger charge is 2.10. The summed E-state index contributed by atoms with van der Waals surface area (Å²) in [4.78, 5) is 22.4. The number of ether oxygens (including phenoxy) is 1. The average molecular weight is 379 g/mol. The number of nitrogens with one attached hydrogen (secondary N) is 1. The lowest BCUT2D eigenvalue weighted by Crippen LogP contribution is -2.13. The van der Waals surface area contributed by atoms with Crippen LogP contribution in [0.4, 0.5) is 5.69 Å². The predicted molar refractivity (Wildman–Crippen MR) is 76.9 cm³/mol. The largest absolute Gasteiger partial charge is 0.495 e. The van der Waals surface area contributed by atoms with E-state index in [9.17, 15) is 9.59 Å². The number of ketones is 1. The van der Waals surface area contributed by atoms with Crippen molar-refractivity contribution in [2.24, 2.45) is 0 Å². The van der Waals surface area contributed by atoms with E-state index in [1.165, 1.54) is 6.92 Å². The molecule has 0 radical (unpaired) electrons. The topological polar surface area (TPSA) is 55.4 Å². The second-order valence-electron chi connectivity index (χ2n) is 3.72. The molecule has 1 aromatic carbocycles. The van der Waals surface area contributed by atoms with E-state index in [1.54, 1.807) is 19.2 Å². The fourth-order valence-corrected chi connectivity index (χ4v) is 2.54. The monoisotopic (exact) mass is 377 g/mol. The summed E-state index contributed by atoms with van der Waals surface area (Å²) < 4.78 is 6.68. The van der Waals surface area contributed by atoms with Crippen LogP contribution in [-0.4, -0.2) is 18.8 Å². The summed E-state index contributed by atoms with van der Waals surface area (Å²) in [5, 5.41) is 2.73. The fourth-order valence-electron chi connectivity index (χ4n) is 1.28. The van der Waals surface area contributed by atoms with Crippen molar-refractivity contribution in [3.8, 4) is 5.75 Å². The highest BCUT2D eigenvalue weighted by molar-refractivity contribution is 9.11. The van der Waals surface area contributed by atoms with Gasteiger partial charge in [0.2, 0.25) is 5.91 Å². The molecule has 0 spiro atoms. The summed E-state index contributed by atoms with van der Waals surface area (Å²) >= 11 is 6.70. The summed E-state index contributed by atoms with van der Waals surface area (Å²) in [6.45, 7) is 1.46. The van der Waals surface area contributed by atoms with Crippen LogP contribution in [-0.2, 0) is 9.59 Å². The molecule has 0 unspecified atom stereocenters. The minimum Gasteiger partial charge on any atom is -0.495 e. The lowest BCUT2D eigenvalue weighted by Gasteiger charge is -2.10. The van der Waals surface area contributed by atoms with Crippen molar-refractivity contribution >= 4 is 49.2 Å². The van der Waals surface area contributed by atoms with Crippen LogP contribution in [0.2, 0.25) is 0 Å². The van der Waals surface area contributed by atoms with Gasteiger partial charge in [0, 0.05) is 23.4 Å². The van der Waals surface area contributed by atoms with E-state index in [2.05, 4.69) is 37.2 Å². The summed E-state index contributed by atoms with van der Waals surface area (Å²) in [6.07, 6.45) is 0.428. The molecule has 0 aromatic heterocycles. The summed E-state index contributed by atoms with van der Waals surface area (Å²) in [6, 6.07) is 3.50. The van der Waals surface area contributed by atoms with Crippen LogP contribution in [0.1, 0.15) is 19.8 Å². The normalized spacial score (nSPS) is 10.0. The maximum Gasteiger partial charge on any atom is 0.224 e. The SMILES string of the molecule is COc1cc(NC(=O)CCC(C)=O)c(Br)cc1Br. The van der Waals surface area contributed by atoms with E-state index in [0.717, 1.165) is 8.95 Å². The maximum absolute atomic E-state index is 11.6. The van der Waals surface area contributed by atoms with Crippen LogP contribution in [0, 0.1) is 0 Å². The average Bonchev–Trinajstić information content (AvgIpc) is 2.30. The molecule has 0 saturated carbocycles. The number of carbonyl (C=O) groups excluding carboxylic acids is 2. The Bertz CT molecular complexity index is 475. The van der Waals surface area contributed by atoms with Gasteiger partial charge in [0.05, 0.1) is 17.3 Å². The first-order valence-corrected chi connectivity index (χ1v) is 6.85. The molecular weight excluding hydrogens is 366 g/mol. The zero-order valence-corrected chi connectivity index (χ0v) is 13.2. The van der Waals surface area contributed by atoms with Gasteiger partial charge in [-0.2, -0.15) is 0 Å². The molecule has 1 rings (SSSR count). The first-order valence-electron chi connectivity index (χ1n) is 5.26. The standard InChI is InChI=1S/C12H13Br2NO3/c1-7(16)3-4-12(17)15-10-6-11(18-2)9(14)5-8(10)13/h5-6H,3-4H2,1-2H3,(H,15,17). The Kier molecular flexibility index (Phi) is 5.81. The molecule has 0 saturated heterocycles. The van der Waals surface area contributed by atoms with E-state index < -0.39 is 0 Å². The van der Waals surface area contributed by atoms with Gasteiger partial charge in [-0.25, -0.2) is 0 Å². The van der Waals surface area contributed by atoms with Crippen molar-refractivity contribution in [3.05, 3.63) is 21.1 Å². The summed E-state index contributed by atoms with van der Waals surface area (Å²) in [5.74, 6) is 0.424. The number of hydrogen-bond donors (Lipinski definition) is 1. The number of benzene rings is 1. The van der Waals surface area contributed by atoms with E-state index in [4.69, 9.17) is 4.74 Å². The Balaban J connectivity index is 2.78. The lowest BCUT2D eigenvalue weighted by atomic mass is 10.2. The van der Waals surface area contributed by atoms with E-state index in [-0.39, 0.29) is 24.5 Å². The molecule has 0 aliphatic heterocycles. The third-order valence-electron chi connectivity index (χ3n) is 2.22. The van der Waals surface area contributed by atoms with Crippen LogP contribution in [0.15, 0.2) is 21.1 Å². The third-order valence-corrected chi connectivity index (χ3v) is 3.50. The van der Waals surface area contributed by atoms with Crippen LogP contribution >= 0.6 is 31.9 Å². The van der Waals surface area contributed by atoms with Crippen LogP contribution in [0.5, 0.6) is 5.75 Å². The Morgan fingerprint density at radius 3 is 2.44 bits per heavy atom. The summed E-state index contributed by atoms with van der Waals surface area (Å²) in [5.41, 5.74) is 0.614. The molecule has 0 aliphatic carbocycles. The van der Waals surface area contributed by atoms with Gasteiger partial charge in [0.15, 0.2) is 0 Å². The molecule has 6 heteroatoms. The lowest BCUT2D eigenvalue weighted by molar-refractivity contribution is -0.121. The Morgan fingerprint density at radius 2 is 1.89 bits per heavy atom. The number of rotatable bonds is 5. The van der Waals surface area contributed by atoms with Gasteiger partial charge >= 0.3 is 0 Å². The molecule has 98 valence electrons. The molecule has 4 nitrogen and oxygen atoms in total. The van der Waals surface area contributed by atoms with Crippen molar-refractivity contribution in [1.82, 2.24) is 0 Å². The van der Waals surface area contributed by atoms with Crippen molar-refractivity contribution < 1.29 is 14.3 Å². The number of hydrogen-bond acceptors (Lipinski definition) is 3. The van der Waals surface area contributed by atoms with Crippen LogP contribution in [0.25, 0.3) is 0 Å². The number of methoxy groups -OCH3 is 1. The van der Waals surface area contributed by atoms with Crippen molar-refractivity contribution in [2.45, 2.75) is 19.8 Å². The van der Waals surface area contributed by atoms with Crippen molar-refractivity contribution in [3.63, 3.8) is 0 Å². The van der Waals surface area contributed by atoms with Gasteiger partial charge in [0.25, 0.3) is 0 Å². The molecule has 18 heavy (non-hydrogen) atoms. The highest BCUT2D eigenvalue weighted by Crippen LogP contribution is 2.34. The van der Waals surface area contributed by atoms with Crippen LogP contribution in [0.3, 0.4) is 0 Å². The number of Topliss-reactive ketones (excluding diaryl/α,β-unsaturated/α-hetero) is 1. The number of carbonyl (C=O) groups is 2. The zero-order chi connectivity index (χ0) is 13.7. The molecule has 0 aliphatic rings. The fraction of sp³-hybridized carbons (Fsp3) is 0.333. The van der Waals surface area contributed by atoms with Crippen LogP contribution < -0.4 is 10.1 Å². The first-order chi connectivity index (χ1) is 8.43. The molecule has 0 bridgehead atoms. The molecule has 0 fully saturated rings. The van der Waals surface area contributed by atoms with Gasteiger partial charge in [-0.3, -0.25) is 4.79 Å². The van der Waals surface area contributed by atoms with Gasteiger partial charge in [-0.05, 0) is 44.8 Å². The number of amides is 1. The molecular formula is C12H13Br2NO3. The molecule has 0 atom stereocenters. The molecule has 1 N–H and O–H groups in total. The molecule has 1 aromatic rings. The quantitative estimate of drug-likeness (QED) is 0.852. The highest BCUT2D eigenvalue weighted by atomic mass is 79.9. The number of halogens is 2. The Labute approximate surface area is 122 Å². The third kappa shape index (κ3) is 4.42. The predicted octanol–water partition coefficient (Wildman–Crippen LogP) is 3.53. The van der Waals surface area contributed by atoms with E-state index in [0.29, 0.717) is 11.4 Å². The van der Waals surface area contributed by atoms with Gasteiger partial charge in [-0.1, -0.05) is 0 Å². The minimum absolute atomic E-state index is 0.00222. The maximum atomic E-state index is 11.6. The van der Waals surface area contributed by atoms with Crippen molar-refractivity contribution in [1.29, 1.82) is 0 Å². The van der Waals surface area contributed by atoms with Gasteiger partial charge in [0.1, 0.15) is 11.5 Å². The second kappa shape index (κ2) is 6.89. The van der Waals surface area contributed by atoms with Gasteiger partial charge in [-0.15, -0.1) is 0 Å². The zero-order valence-electron chi connectivity index (χ0n) is 10.0. The minimum atomic E-state index is -0.199. The first kappa shape index (κ1) is 15.2. The van der Waals surface area contributed by atoms with E-state index >= 15 is 0 Å². The van der Waals surface area contributed by atoms with E-state index in [1.807, 2.05) is 0 Å². The second-order valence-corrected chi connectivity index (χ2v) is 5.43. The number of anilines is 1. The molecule has 0 heterocycles. The Morgan fingerprint density at radius 1 is 1.22 bits per heavy atom. The smallest absolute Gasteiger partial charge is 0.224 e. The molecule has 1 amide bonds.